The van der Waals surface area contributed by atoms with E-state index in [1.807, 2.05) is 19.1 Å². The van der Waals surface area contributed by atoms with Gasteiger partial charge in [0.25, 0.3) is 11.7 Å². The standard InChI is InChI=1S/C26H31N3O4/c1-4-28(5-2)13-6-14-29-23(18-9-11-27-12-10-18)22(25(31)26(29)32)24(30)19-7-8-21-20(16-19)15-17(3)33-21/h7-12,16-17,23,30H,4-6,13-15H2,1-3H3. The predicted octanol–water partition coefficient (Wildman–Crippen LogP) is 3.56. The van der Waals surface area contributed by atoms with Gasteiger partial charge in [0.15, 0.2) is 0 Å². The van der Waals surface area contributed by atoms with Gasteiger partial charge in [-0.2, -0.15) is 0 Å². The van der Waals surface area contributed by atoms with Crippen molar-refractivity contribution in [2.24, 2.45) is 0 Å². The van der Waals surface area contributed by atoms with Crippen LogP contribution in [0.1, 0.15) is 49.9 Å². The minimum Gasteiger partial charge on any atom is -0.507 e. The number of Topliss-reactive ketones (excluding diaryl/α,β-unsaturated/α-hetero) is 1. The third-order valence-corrected chi connectivity index (χ3v) is 6.50. The van der Waals surface area contributed by atoms with Crippen LogP contribution in [0.4, 0.5) is 0 Å². The van der Waals surface area contributed by atoms with Gasteiger partial charge in [-0.1, -0.05) is 13.8 Å². The Balaban J connectivity index is 1.71. The number of nitrogens with zero attached hydrogens (tertiary/aromatic N) is 3. The predicted molar refractivity (Wildman–Crippen MR) is 126 cm³/mol. The molecule has 2 atom stereocenters. The number of likely N-dealkylation sites (tertiary alicyclic amines) is 1. The molecule has 1 aromatic carbocycles. The fourth-order valence-corrected chi connectivity index (χ4v) is 4.73. The van der Waals surface area contributed by atoms with Crippen LogP contribution in [0.25, 0.3) is 5.76 Å². The van der Waals surface area contributed by atoms with Crippen LogP contribution in [0.15, 0.2) is 48.3 Å². The maximum atomic E-state index is 13.1. The Morgan fingerprint density at radius 3 is 2.61 bits per heavy atom. The molecule has 1 N–H and O–H groups in total. The summed E-state index contributed by atoms with van der Waals surface area (Å²) in [6, 6.07) is 8.34. The van der Waals surface area contributed by atoms with Crippen LogP contribution in [0.2, 0.25) is 0 Å². The number of fused-ring (bicyclic) bond motifs is 1. The highest BCUT2D eigenvalue weighted by atomic mass is 16.5. The molecule has 7 heteroatoms. The molecule has 1 fully saturated rings. The first kappa shape index (κ1) is 23.0. The van der Waals surface area contributed by atoms with Crippen molar-refractivity contribution in [3.05, 3.63) is 65.0 Å². The van der Waals surface area contributed by atoms with Crippen molar-refractivity contribution in [1.29, 1.82) is 0 Å². The highest BCUT2D eigenvalue weighted by molar-refractivity contribution is 6.46. The average molecular weight is 450 g/mol. The lowest BCUT2D eigenvalue weighted by atomic mass is 9.95. The fourth-order valence-electron chi connectivity index (χ4n) is 4.73. The number of pyridine rings is 1. The smallest absolute Gasteiger partial charge is 0.295 e. The summed E-state index contributed by atoms with van der Waals surface area (Å²) >= 11 is 0. The number of aromatic nitrogens is 1. The van der Waals surface area contributed by atoms with E-state index in [0.29, 0.717) is 12.1 Å². The first-order chi connectivity index (χ1) is 15.9. The van der Waals surface area contributed by atoms with Gasteiger partial charge in [0.1, 0.15) is 17.6 Å². The molecule has 0 aliphatic carbocycles. The number of aliphatic hydroxyl groups excluding tert-OH is 1. The van der Waals surface area contributed by atoms with E-state index in [9.17, 15) is 14.7 Å². The van der Waals surface area contributed by atoms with E-state index in [4.69, 9.17) is 4.74 Å². The van der Waals surface area contributed by atoms with Gasteiger partial charge in [0.2, 0.25) is 0 Å². The summed E-state index contributed by atoms with van der Waals surface area (Å²) in [6.07, 6.45) is 4.83. The van der Waals surface area contributed by atoms with Crippen molar-refractivity contribution >= 4 is 17.4 Å². The van der Waals surface area contributed by atoms with Gasteiger partial charge in [0, 0.05) is 30.9 Å². The van der Waals surface area contributed by atoms with Crippen molar-refractivity contribution in [3.63, 3.8) is 0 Å². The molecule has 7 nitrogen and oxygen atoms in total. The number of aliphatic hydroxyl groups is 1. The van der Waals surface area contributed by atoms with Gasteiger partial charge in [-0.25, -0.2) is 0 Å². The van der Waals surface area contributed by atoms with Gasteiger partial charge in [-0.05, 0) is 74.4 Å². The molecule has 0 saturated carbocycles. The van der Waals surface area contributed by atoms with E-state index in [1.54, 1.807) is 35.5 Å². The van der Waals surface area contributed by atoms with Crippen LogP contribution in [0.3, 0.4) is 0 Å². The first-order valence-corrected chi connectivity index (χ1v) is 11.6. The zero-order valence-electron chi connectivity index (χ0n) is 19.5. The minimum absolute atomic E-state index is 0.0746. The van der Waals surface area contributed by atoms with Gasteiger partial charge in [-0.15, -0.1) is 0 Å². The number of carbonyl (C=O) groups is 2. The molecule has 33 heavy (non-hydrogen) atoms. The number of amides is 1. The largest absolute Gasteiger partial charge is 0.507 e. The summed E-state index contributed by atoms with van der Waals surface area (Å²) in [5.41, 5.74) is 2.39. The van der Waals surface area contributed by atoms with Gasteiger partial charge < -0.3 is 19.6 Å². The molecule has 2 unspecified atom stereocenters. The van der Waals surface area contributed by atoms with Crippen molar-refractivity contribution in [1.82, 2.24) is 14.8 Å². The summed E-state index contributed by atoms with van der Waals surface area (Å²) in [5, 5.41) is 11.3. The molecule has 0 spiro atoms. The molecular weight excluding hydrogens is 418 g/mol. The van der Waals surface area contributed by atoms with Crippen molar-refractivity contribution in [2.45, 2.75) is 45.8 Å². The van der Waals surface area contributed by atoms with E-state index >= 15 is 0 Å². The molecule has 3 heterocycles. The maximum absolute atomic E-state index is 13.1. The zero-order valence-corrected chi connectivity index (χ0v) is 19.5. The lowest BCUT2D eigenvalue weighted by molar-refractivity contribution is -0.140. The average Bonchev–Trinajstić information content (AvgIpc) is 3.32. The molecule has 1 saturated heterocycles. The van der Waals surface area contributed by atoms with Crippen LogP contribution in [-0.4, -0.2) is 63.9 Å². The number of benzene rings is 1. The fraction of sp³-hybridized carbons (Fsp3) is 0.423. The first-order valence-electron chi connectivity index (χ1n) is 11.6. The topological polar surface area (TPSA) is 83.0 Å². The molecule has 2 aliphatic heterocycles. The Morgan fingerprint density at radius 2 is 1.91 bits per heavy atom. The molecule has 174 valence electrons. The minimum atomic E-state index is -0.651. The number of hydrogen-bond donors (Lipinski definition) is 1. The van der Waals surface area contributed by atoms with Crippen LogP contribution in [0, 0.1) is 0 Å². The zero-order chi connectivity index (χ0) is 23.5. The number of hydrogen-bond acceptors (Lipinski definition) is 6. The molecule has 4 rings (SSSR count). The Kier molecular flexibility index (Phi) is 6.79. The van der Waals surface area contributed by atoms with E-state index in [0.717, 1.165) is 49.4 Å². The molecule has 0 bridgehead atoms. The Morgan fingerprint density at radius 1 is 1.18 bits per heavy atom. The maximum Gasteiger partial charge on any atom is 0.295 e. The molecule has 2 aliphatic rings. The number of carbonyl (C=O) groups excluding carboxylic acids is 2. The highest BCUT2D eigenvalue weighted by Gasteiger charge is 2.45. The van der Waals surface area contributed by atoms with Gasteiger partial charge >= 0.3 is 0 Å². The number of rotatable bonds is 8. The Bertz CT molecular complexity index is 1060. The molecule has 2 aromatic rings. The van der Waals surface area contributed by atoms with E-state index < -0.39 is 17.7 Å². The summed E-state index contributed by atoms with van der Waals surface area (Å²) in [7, 11) is 0. The van der Waals surface area contributed by atoms with Crippen LogP contribution in [-0.2, 0) is 16.0 Å². The van der Waals surface area contributed by atoms with Crippen molar-refractivity contribution in [2.75, 3.05) is 26.2 Å². The normalized spacial score (nSPS) is 21.5. The van der Waals surface area contributed by atoms with Crippen LogP contribution < -0.4 is 4.74 Å². The summed E-state index contributed by atoms with van der Waals surface area (Å²) < 4.78 is 5.76. The number of ether oxygens (including phenoxy) is 1. The molecule has 1 amide bonds. The SMILES string of the molecule is CCN(CC)CCCN1C(=O)C(=O)C(=C(O)c2ccc3c(c2)CC(C)O3)C1c1ccncc1. The molecule has 1 aromatic heterocycles. The number of ketones is 1. The molecular formula is C26H31N3O4. The lowest BCUT2D eigenvalue weighted by Gasteiger charge is -2.26. The Hall–Kier alpha value is -3.19. The lowest BCUT2D eigenvalue weighted by Crippen LogP contribution is -2.33. The second-order valence-corrected chi connectivity index (χ2v) is 8.61. The second-order valence-electron chi connectivity index (χ2n) is 8.61. The quantitative estimate of drug-likeness (QED) is 0.377. The van der Waals surface area contributed by atoms with E-state index in [2.05, 4.69) is 23.7 Å². The second kappa shape index (κ2) is 9.75. The summed E-state index contributed by atoms with van der Waals surface area (Å²) in [6.45, 7) is 9.34. The third kappa shape index (κ3) is 4.50. The van der Waals surface area contributed by atoms with Crippen molar-refractivity contribution < 1.29 is 19.4 Å². The monoisotopic (exact) mass is 449 g/mol. The summed E-state index contributed by atoms with van der Waals surface area (Å²) in [5.74, 6) is -0.580. The van der Waals surface area contributed by atoms with E-state index in [-0.39, 0.29) is 17.4 Å². The Labute approximate surface area is 194 Å². The van der Waals surface area contributed by atoms with Gasteiger partial charge in [-0.3, -0.25) is 14.6 Å². The third-order valence-electron chi connectivity index (χ3n) is 6.50. The molecule has 0 radical (unpaired) electrons. The van der Waals surface area contributed by atoms with Crippen LogP contribution in [0.5, 0.6) is 5.75 Å². The van der Waals surface area contributed by atoms with Gasteiger partial charge in [0.05, 0.1) is 11.6 Å². The van der Waals surface area contributed by atoms with Crippen molar-refractivity contribution in [3.8, 4) is 5.75 Å². The van der Waals surface area contributed by atoms with E-state index in [1.165, 1.54) is 0 Å². The highest BCUT2D eigenvalue weighted by Crippen LogP contribution is 2.40. The van der Waals surface area contributed by atoms with Crippen LogP contribution >= 0.6 is 0 Å². The summed E-state index contributed by atoms with van der Waals surface area (Å²) in [4.78, 5) is 34.2.